The van der Waals surface area contributed by atoms with Gasteiger partial charge >= 0.3 is 0 Å². The fraction of sp³-hybridized carbons (Fsp3) is 1.00. The van der Waals surface area contributed by atoms with E-state index in [0.29, 0.717) is 0 Å². The Bertz CT molecular complexity index is 213. The highest BCUT2D eigenvalue weighted by atomic mass is 16.3. The Morgan fingerprint density at radius 1 is 0.944 bits per heavy atom. The number of β-amino-alcohol motifs (C(OH)–C–C–N with tert-alkyl or cyclic N) is 1. The number of aliphatic hydroxyl groups excluding tert-OH is 1. The van der Waals surface area contributed by atoms with Crippen molar-refractivity contribution in [1.29, 1.82) is 0 Å². The summed E-state index contributed by atoms with van der Waals surface area (Å²) in [6.45, 7) is 8.77. The van der Waals surface area contributed by atoms with Crippen LogP contribution in [0.3, 0.4) is 0 Å². The third-order valence-corrected chi connectivity index (χ3v) is 4.07. The predicted octanol–water partition coefficient (Wildman–Crippen LogP) is 0.519. The molecule has 2 rings (SSSR count). The molecule has 0 aromatic carbocycles. The molecular weight excluding hydrogens is 226 g/mol. The Labute approximate surface area is 111 Å². The standard InChI is InChI=1S/C14H29N3O/c18-14(13-17-9-3-4-10-17)12-15-6-5-11-16-7-1-2-8-16/h14-15,18H,1-13H2. The molecule has 1 unspecified atom stereocenters. The molecule has 2 N–H and O–H groups in total. The van der Waals surface area contributed by atoms with E-state index in [1.54, 1.807) is 0 Å². The maximum Gasteiger partial charge on any atom is 0.0791 e. The van der Waals surface area contributed by atoms with Crippen molar-refractivity contribution in [2.24, 2.45) is 0 Å². The lowest BCUT2D eigenvalue weighted by Gasteiger charge is -2.20. The van der Waals surface area contributed by atoms with Crippen molar-refractivity contribution in [3.05, 3.63) is 0 Å². The molecule has 2 aliphatic heterocycles. The van der Waals surface area contributed by atoms with Crippen LogP contribution in [0.4, 0.5) is 0 Å². The van der Waals surface area contributed by atoms with Crippen LogP contribution in [0.15, 0.2) is 0 Å². The van der Waals surface area contributed by atoms with Gasteiger partial charge in [0.15, 0.2) is 0 Å². The summed E-state index contributed by atoms with van der Waals surface area (Å²) < 4.78 is 0. The first-order valence-electron chi connectivity index (χ1n) is 7.68. The molecule has 0 amide bonds. The lowest BCUT2D eigenvalue weighted by atomic mass is 10.3. The normalized spacial score (nSPS) is 23.8. The zero-order valence-electron chi connectivity index (χ0n) is 11.6. The van der Waals surface area contributed by atoms with Crippen molar-refractivity contribution < 1.29 is 5.11 Å². The predicted molar refractivity (Wildman–Crippen MR) is 74.8 cm³/mol. The average Bonchev–Trinajstić information content (AvgIpc) is 3.01. The zero-order valence-corrected chi connectivity index (χ0v) is 11.6. The van der Waals surface area contributed by atoms with E-state index < -0.39 is 0 Å². The Hall–Kier alpha value is -0.160. The molecule has 0 bridgehead atoms. The van der Waals surface area contributed by atoms with Crippen LogP contribution in [0.25, 0.3) is 0 Å². The quantitative estimate of drug-likeness (QED) is 0.620. The van der Waals surface area contributed by atoms with E-state index in [9.17, 15) is 5.11 Å². The minimum atomic E-state index is -0.199. The van der Waals surface area contributed by atoms with E-state index in [1.807, 2.05) is 0 Å². The molecule has 4 nitrogen and oxygen atoms in total. The first-order valence-corrected chi connectivity index (χ1v) is 7.68. The van der Waals surface area contributed by atoms with E-state index in [0.717, 1.165) is 19.6 Å². The van der Waals surface area contributed by atoms with Gasteiger partial charge in [-0.2, -0.15) is 0 Å². The summed E-state index contributed by atoms with van der Waals surface area (Å²) in [4.78, 5) is 4.92. The molecule has 0 aliphatic carbocycles. The van der Waals surface area contributed by atoms with E-state index >= 15 is 0 Å². The first kappa shape index (κ1) is 14.3. The van der Waals surface area contributed by atoms with Crippen molar-refractivity contribution in [3.8, 4) is 0 Å². The van der Waals surface area contributed by atoms with Crippen LogP contribution in [0.2, 0.25) is 0 Å². The van der Waals surface area contributed by atoms with Gasteiger partial charge in [-0.05, 0) is 71.4 Å². The molecule has 18 heavy (non-hydrogen) atoms. The Morgan fingerprint density at radius 2 is 1.56 bits per heavy atom. The van der Waals surface area contributed by atoms with Gasteiger partial charge in [-0.3, -0.25) is 0 Å². The fourth-order valence-electron chi connectivity index (χ4n) is 3.03. The van der Waals surface area contributed by atoms with Crippen LogP contribution in [-0.4, -0.2) is 73.4 Å². The summed E-state index contributed by atoms with van der Waals surface area (Å²) in [6.07, 6.45) is 6.36. The number of likely N-dealkylation sites (tertiary alicyclic amines) is 2. The number of nitrogens with zero attached hydrogens (tertiary/aromatic N) is 2. The van der Waals surface area contributed by atoms with Crippen LogP contribution >= 0.6 is 0 Å². The number of nitrogens with one attached hydrogen (secondary N) is 1. The van der Waals surface area contributed by atoms with E-state index in [2.05, 4.69) is 15.1 Å². The maximum atomic E-state index is 9.91. The smallest absolute Gasteiger partial charge is 0.0791 e. The third kappa shape index (κ3) is 5.22. The molecule has 0 radical (unpaired) electrons. The molecule has 106 valence electrons. The number of aliphatic hydroxyl groups is 1. The van der Waals surface area contributed by atoms with Gasteiger partial charge in [0.1, 0.15) is 0 Å². The Morgan fingerprint density at radius 3 is 2.22 bits per heavy atom. The monoisotopic (exact) mass is 255 g/mol. The highest BCUT2D eigenvalue weighted by Gasteiger charge is 2.15. The van der Waals surface area contributed by atoms with Crippen LogP contribution in [0, 0.1) is 0 Å². The molecule has 0 aromatic heterocycles. The van der Waals surface area contributed by atoms with Crippen molar-refractivity contribution >= 4 is 0 Å². The van der Waals surface area contributed by atoms with Gasteiger partial charge < -0.3 is 20.2 Å². The molecule has 0 aromatic rings. The van der Waals surface area contributed by atoms with Crippen molar-refractivity contribution in [2.45, 2.75) is 38.2 Å². The number of hydrogen-bond donors (Lipinski definition) is 2. The van der Waals surface area contributed by atoms with Gasteiger partial charge in [0, 0.05) is 13.1 Å². The van der Waals surface area contributed by atoms with Crippen molar-refractivity contribution in [3.63, 3.8) is 0 Å². The van der Waals surface area contributed by atoms with E-state index in [4.69, 9.17) is 0 Å². The zero-order chi connectivity index (χ0) is 12.6. The van der Waals surface area contributed by atoms with Crippen LogP contribution in [0.5, 0.6) is 0 Å². The van der Waals surface area contributed by atoms with Gasteiger partial charge in [0.2, 0.25) is 0 Å². The Balaban J connectivity index is 1.42. The second kappa shape index (κ2) is 8.10. The fourth-order valence-corrected chi connectivity index (χ4v) is 3.03. The van der Waals surface area contributed by atoms with Gasteiger partial charge in [-0.15, -0.1) is 0 Å². The molecule has 0 spiro atoms. The molecule has 4 heteroatoms. The lowest BCUT2D eigenvalue weighted by Crippen LogP contribution is -2.37. The molecule has 1 atom stereocenters. The topological polar surface area (TPSA) is 38.7 Å². The summed E-state index contributed by atoms with van der Waals surface area (Å²) in [5, 5.41) is 13.3. The first-order chi connectivity index (χ1) is 8.84. The second-order valence-corrected chi connectivity index (χ2v) is 5.77. The number of rotatable bonds is 8. The van der Waals surface area contributed by atoms with Gasteiger partial charge in [-0.1, -0.05) is 0 Å². The lowest BCUT2D eigenvalue weighted by molar-refractivity contribution is 0.123. The van der Waals surface area contributed by atoms with Gasteiger partial charge in [0.25, 0.3) is 0 Å². The average molecular weight is 255 g/mol. The molecule has 2 heterocycles. The minimum Gasteiger partial charge on any atom is -0.390 e. The summed E-state index contributed by atoms with van der Waals surface area (Å²) >= 11 is 0. The molecule has 0 saturated carbocycles. The van der Waals surface area contributed by atoms with Crippen LogP contribution in [0.1, 0.15) is 32.1 Å². The van der Waals surface area contributed by atoms with E-state index in [-0.39, 0.29) is 6.10 Å². The van der Waals surface area contributed by atoms with Gasteiger partial charge in [0.05, 0.1) is 6.10 Å². The highest BCUT2D eigenvalue weighted by molar-refractivity contribution is 4.72. The molecule has 2 fully saturated rings. The summed E-state index contributed by atoms with van der Waals surface area (Å²) in [5.74, 6) is 0. The van der Waals surface area contributed by atoms with Crippen molar-refractivity contribution in [1.82, 2.24) is 15.1 Å². The second-order valence-electron chi connectivity index (χ2n) is 5.77. The van der Waals surface area contributed by atoms with Crippen molar-refractivity contribution in [2.75, 3.05) is 52.4 Å². The minimum absolute atomic E-state index is 0.199. The highest BCUT2D eigenvalue weighted by Crippen LogP contribution is 2.08. The largest absolute Gasteiger partial charge is 0.390 e. The summed E-state index contributed by atoms with van der Waals surface area (Å²) in [6, 6.07) is 0. The number of hydrogen-bond acceptors (Lipinski definition) is 4. The molecular formula is C14H29N3O. The third-order valence-electron chi connectivity index (χ3n) is 4.07. The SMILES string of the molecule is OC(CNCCCN1CCCC1)CN1CCCC1. The Kier molecular flexibility index (Phi) is 6.41. The van der Waals surface area contributed by atoms with Crippen LogP contribution < -0.4 is 5.32 Å². The van der Waals surface area contributed by atoms with Crippen LogP contribution in [-0.2, 0) is 0 Å². The van der Waals surface area contributed by atoms with E-state index in [1.165, 1.54) is 64.8 Å². The summed E-state index contributed by atoms with van der Waals surface area (Å²) in [5.41, 5.74) is 0. The molecule has 2 saturated heterocycles. The van der Waals surface area contributed by atoms with Gasteiger partial charge in [-0.25, -0.2) is 0 Å². The molecule has 2 aliphatic rings. The summed E-state index contributed by atoms with van der Waals surface area (Å²) in [7, 11) is 0. The maximum absolute atomic E-state index is 9.91.